The zero-order valence-electron chi connectivity index (χ0n) is 16.5. The lowest BCUT2D eigenvalue weighted by Crippen LogP contribution is -2.28. The molecule has 5 N–H and O–H groups in total. The van der Waals surface area contributed by atoms with Crippen LogP contribution in [0.5, 0.6) is 0 Å². The van der Waals surface area contributed by atoms with Crippen molar-refractivity contribution < 1.29 is 22.9 Å². The third kappa shape index (κ3) is 4.48. The van der Waals surface area contributed by atoms with E-state index in [1.54, 1.807) is 18.2 Å². The molecule has 1 aromatic heterocycles. The third-order valence-corrected chi connectivity index (χ3v) is 4.61. The number of rotatable bonds is 5. The van der Waals surface area contributed by atoms with E-state index in [4.69, 9.17) is 10.3 Å². The van der Waals surface area contributed by atoms with E-state index < -0.39 is 23.6 Å². The van der Waals surface area contributed by atoms with Gasteiger partial charge in [0.25, 0.3) is 5.91 Å². The summed E-state index contributed by atoms with van der Waals surface area (Å²) in [5.41, 5.74) is 7.26. The quantitative estimate of drug-likeness (QED) is 0.372. The van der Waals surface area contributed by atoms with E-state index in [9.17, 15) is 18.4 Å². The molecule has 0 radical (unpaired) electrons. The van der Waals surface area contributed by atoms with Crippen LogP contribution in [-0.4, -0.2) is 17.1 Å². The molecule has 4 aromatic rings. The van der Waals surface area contributed by atoms with Crippen LogP contribution in [0.3, 0.4) is 0 Å². The van der Waals surface area contributed by atoms with Crippen molar-refractivity contribution in [2.75, 3.05) is 16.4 Å². The molecule has 0 aliphatic carbocycles. The molecule has 0 saturated carbocycles. The van der Waals surface area contributed by atoms with Gasteiger partial charge in [0.2, 0.25) is 0 Å². The molecule has 0 atom stereocenters. The van der Waals surface area contributed by atoms with Crippen LogP contribution in [0.25, 0.3) is 11.0 Å². The minimum Gasteiger partial charge on any atom is -0.380 e. The number of aromatic nitrogens is 1. The van der Waals surface area contributed by atoms with Gasteiger partial charge in [-0.1, -0.05) is 11.2 Å². The van der Waals surface area contributed by atoms with Gasteiger partial charge in [-0.2, -0.15) is 0 Å². The van der Waals surface area contributed by atoms with E-state index in [0.717, 1.165) is 0 Å². The van der Waals surface area contributed by atoms with Crippen molar-refractivity contribution in [1.82, 2.24) is 10.5 Å². The van der Waals surface area contributed by atoms with Gasteiger partial charge in [0, 0.05) is 23.5 Å². The van der Waals surface area contributed by atoms with Gasteiger partial charge in [-0.05, 0) is 54.6 Å². The number of benzene rings is 3. The molecular formula is C22H17F2N5O3. The van der Waals surface area contributed by atoms with Crippen LogP contribution in [0.1, 0.15) is 15.9 Å². The third-order valence-electron chi connectivity index (χ3n) is 4.61. The summed E-state index contributed by atoms with van der Waals surface area (Å²) in [5.74, 6) is -1.39. The highest BCUT2D eigenvalue weighted by molar-refractivity contribution is 6.14. The van der Waals surface area contributed by atoms with Gasteiger partial charge in [0.15, 0.2) is 11.4 Å². The Morgan fingerprint density at radius 2 is 1.72 bits per heavy atom. The second-order valence-electron chi connectivity index (χ2n) is 6.82. The number of nitrogens with two attached hydrogens (primary N) is 1. The summed E-state index contributed by atoms with van der Waals surface area (Å²) in [6.45, 7) is -0.142. The van der Waals surface area contributed by atoms with Crippen LogP contribution < -0.4 is 21.7 Å². The van der Waals surface area contributed by atoms with Crippen molar-refractivity contribution in [3.05, 3.63) is 83.4 Å². The average molecular weight is 437 g/mol. The first-order valence-corrected chi connectivity index (χ1v) is 9.45. The molecule has 0 fully saturated rings. The van der Waals surface area contributed by atoms with E-state index in [1.807, 2.05) is 0 Å². The molecule has 1 heterocycles. The molecule has 162 valence electrons. The minimum absolute atomic E-state index is 0.0851. The molecule has 0 aliphatic heterocycles. The molecule has 0 unspecified atom stereocenters. The lowest BCUT2D eigenvalue weighted by atomic mass is 10.1. The van der Waals surface area contributed by atoms with Crippen LogP contribution >= 0.6 is 0 Å². The second-order valence-corrected chi connectivity index (χ2v) is 6.82. The first-order valence-electron chi connectivity index (χ1n) is 9.45. The first kappa shape index (κ1) is 20.8. The zero-order valence-corrected chi connectivity index (χ0v) is 16.5. The number of anilines is 3. The van der Waals surface area contributed by atoms with E-state index >= 15 is 0 Å². The summed E-state index contributed by atoms with van der Waals surface area (Å²) < 4.78 is 32.2. The number of amides is 3. The molecule has 4 rings (SSSR count). The van der Waals surface area contributed by atoms with Crippen LogP contribution in [0.15, 0.2) is 65.2 Å². The maximum atomic E-state index is 14.2. The van der Waals surface area contributed by atoms with E-state index in [1.165, 1.54) is 42.5 Å². The number of fused-ring (bicyclic) bond motifs is 1. The number of nitrogen functional groups attached to an aromatic ring is 1. The maximum absolute atomic E-state index is 14.2. The van der Waals surface area contributed by atoms with E-state index in [-0.39, 0.29) is 23.5 Å². The molecule has 3 aromatic carbocycles. The van der Waals surface area contributed by atoms with Crippen molar-refractivity contribution in [2.24, 2.45) is 0 Å². The van der Waals surface area contributed by atoms with Crippen molar-refractivity contribution in [3.8, 4) is 0 Å². The normalized spacial score (nSPS) is 10.7. The Hall–Kier alpha value is -4.47. The fourth-order valence-electron chi connectivity index (χ4n) is 3.08. The topological polar surface area (TPSA) is 122 Å². The summed E-state index contributed by atoms with van der Waals surface area (Å²) in [6, 6.07) is 13.4. The number of urea groups is 1. The molecule has 8 nitrogen and oxygen atoms in total. The smallest absolute Gasteiger partial charge is 0.319 e. The molecule has 0 bridgehead atoms. The standard InChI is InChI=1S/C22H17F2N5O3/c23-13-4-6-14(7-5-13)28-22(31)26-11-12-10-15(8-9-17(12)24)27-21(30)16-2-1-3-18-19(16)20(25)29-32-18/h1-10H,11H2,(H2,25,29)(H,27,30)(H2,26,28,31). The van der Waals surface area contributed by atoms with Crippen LogP contribution in [0.2, 0.25) is 0 Å². The van der Waals surface area contributed by atoms with Gasteiger partial charge in [0.1, 0.15) is 11.6 Å². The van der Waals surface area contributed by atoms with Gasteiger partial charge in [0.05, 0.1) is 10.9 Å². The van der Waals surface area contributed by atoms with Gasteiger partial charge >= 0.3 is 6.03 Å². The lowest BCUT2D eigenvalue weighted by Gasteiger charge is -2.11. The molecule has 0 aliphatic rings. The fraction of sp³-hybridized carbons (Fsp3) is 0.0455. The number of carbonyl (C=O) groups excluding carboxylic acids is 2. The summed E-state index contributed by atoms with van der Waals surface area (Å²) in [5, 5.41) is 11.7. The van der Waals surface area contributed by atoms with Crippen molar-refractivity contribution in [1.29, 1.82) is 0 Å². The molecule has 0 spiro atoms. The summed E-state index contributed by atoms with van der Waals surface area (Å²) >= 11 is 0. The first-order chi connectivity index (χ1) is 15.4. The number of hydrogen-bond acceptors (Lipinski definition) is 5. The summed E-state index contributed by atoms with van der Waals surface area (Å²) in [7, 11) is 0. The Bertz CT molecular complexity index is 1300. The van der Waals surface area contributed by atoms with E-state index in [2.05, 4.69) is 21.1 Å². The molecule has 32 heavy (non-hydrogen) atoms. The van der Waals surface area contributed by atoms with Crippen molar-refractivity contribution >= 4 is 40.1 Å². The monoisotopic (exact) mass is 437 g/mol. The summed E-state index contributed by atoms with van der Waals surface area (Å²) in [6.07, 6.45) is 0. The Labute approximate surface area is 180 Å². The SMILES string of the molecule is Nc1noc2cccc(C(=O)Nc3ccc(F)c(CNC(=O)Nc4ccc(F)cc4)c3)c12. The van der Waals surface area contributed by atoms with Gasteiger partial charge in [-0.3, -0.25) is 4.79 Å². The number of nitrogens with one attached hydrogen (secondary N) is 3. The fourth-order valence-corrected chi connectivity index (χ4v) is 3.08. The molecular weight excluding hydrogens is 420 g/mol. The molecule has 10 heteroatoms. The Morgan fingerprint density at radius 1 is 0.969 bits per heavy atom. The Balaban J connectivity index is 1.44. The van der Waals surface area contributed by atoms with Gasteiger partial charge in [-0.15, -0.1) is 0 Å². The number of hydrogen-bond donors (Lipinski definition) is 4. The summed E-state index contributed by atoms with van der Waals surface area (Å²) in [4.78, 5) is 24.8. The van der Waals surface area contributed by atoms with Gasteiger partial charge < -0.3 is 26.2 Å². The van der Waals surface area contributed by atoms with Crippen LogP contribution in [0, 0.1) is 11.6 Å². The van der Waals surface area contributed by atoms with Crippen molar-refractivity contribution in [3.63, 3.8) is 0 Å². The molecule has 0 saturated heterocycles. The average Bonchev–Trinajstić information content (AvgIpc) is 3.16. The number of halogens is 2. The second kappa shape index (κ2) is 8.72. The lowest BCUT2D eigenvalue weighted by molar-refractivity contribution is 0.102. The largest absolute Gasteiger partial charge is 0.380 e. The van der Waals surface area contributed by atoms with E-state index in [0.29, 0.717) is 22.3 Å². The molecule has 3 amide bonds. The van der Waals surface area contributed by atoms with Crippen LogP contribution in [0.4, 0.5) is 30.8 Å². The van der Waals surface area contributed by atoms with Crippen LogP contribution in [-0.2, 0) is 6.54 Å². The predicted octanol–water partition coefficient (Wildman–Crippen LogP) is 4.26. The maximum Gasteiger partial charge on any atom is 0.319 e. The highest BCUT2D eigenvalue weighted by Gasteiger charge is 2.17. The number of carbonyl (C=O) groups is 2. The highest BCUT2D eigenvalue weighted by atomic mass is 19.1. The predicted molar refractivity (Wildman–Crippen MR) is 115 cm³/mol. The number of nitrogens with zero attached hydrogens (tertiary/aromatic N) is 1. The Morgan fingerprint density at radius 3 is 2.50 bits per heavy atom. The minimum atomic E-state index is -0.597. The highest BCUT2D eigenvalue weighted by Crippen LogP contribution is 2.25. The van der Waals surface area contributed by atoms with Gasteiger partial charge in [-0.25, -0.2) is 13.6 Å². The Kier molecular flexibility index (Phi) is 5.67. The zero-order chi connectivity index (χ0) is 22.7. The van der Waals surface area contributed by atoms with Crippen molar-refractivity contribution in [2.45, 2.75) is 6.54 Å².